The molecule has 0 aliphatic rings. The van der Waals surface area contributed by atoms with Crippen molar-refractivity contribution in [3.8, 4) is 0 Å². The number of carbonyl (C=O) groups is 1. The fourth-order valence-electron chi connectivity index (χ4n) is 2.81. The minimum Gasteiger partial charge on any atom is -0.460 e. The van der Waals surface area contributed by atoms with Crippen LogP contribution in [0.3, 0.4) is 0 Å². The molecule has 3 aromatic rings. The topological polar surface area (TPSA) is 109 Å². The molecule has 9 heteroatoms. The van der Waals surface area contributed by atoms with Crippen molar-refractivity contribution >= 4 is 17.5 Å². The second kappa shape index (κ2) is 7.02. The summed E-state index contributed by atoms with van der Waals surface area (Å²) in [4.78, 5) is 22.9. The van der Waals surface area contributed by atoms with Gasteiger partial charge in [0.25, 0.3) is 0 Å². The molecule has 3 aromatic heterocycles. The highest BCUT2D eigenvalue weighted by Gasteiger charge is 2.22. The van der Waals surface area contributed by atoms with E-state index >= 15 is 0 Å². The van der Waals surface area contributed by atoms with Crippen LogP contribution < -0.4 is 0 Å². The Hall–Kier alpha value is -3.49. The van der Waals surface area contributed by atoms with Gasteiger partial charge in [0, 0.05) is 12.7 Å². The lowest BCUT2D eigenvalue weighted by Gasteiger charge is -2.00. The van der Waals surface area contributed by atoms with Crippen LogP contribution in [0.15, 0.2) is 28.8 Å². The maximum Gasteiger partial charge on any atom is 0.312 e. The van der Waals surface area contributed by atoms with E-state index < -0.39 is 4.92 Å². The van der Waals surface area contributed by atoms with Crippen LogP contribution in [0.2, 0.25) is 0 Å². The number of nitrogens with zero attached hydrogens (tertiary/aromatic N) is 5. The molecule has 9 nitrogen and oxygen atoms in total. The molecule has 3 rings (SSSR count). The van der Waals surface area contributed by atoms with Crippen LogP contribution in [0, 0.1) is 30.9 Å². The van der Waals surface area contributed by atoms with Crippen LogP contribution in [-0.2, 0) is 13.6 Å². The lowest BCUT2D eigenvalue weighted by Crippen LogP contribution is -2.03. The van der Waals surface area contributed by atoms with Gasteiger partial charge in [0.05, 0.1) is 23.2 Å². The zero-order chi connectivity index (χ0) is 19.7. The molecule has 0 radical (unpaired) electrons. The summed E-state index contributed by atoms with van der Waals surface area (Å²) in [5.41, 5.74) is 2.17. The molecule has 0 aromatic carbocycles. The van der Waals surface area contributed by atoms with Crippen molar-refractivity contribution in [2.75, 3.05) is 0 Å². The highest BCUT2D eigenvalue weighted by Crippen LogP contribution is 2.23. The second-order valence-electron chi connectivity index (χ2n) is 6.20. The van der Waals surface area contributed by atoms with Gasteiger partial charge in [0.15, 0.2) is 5.78 Å². The number of allylic oxidation sites excluding steroid dienone is 1. The molecule has 0 N–H and O–H groups in total. The summed E-state index contributed by atoms with van der Waals surface area (Å²) < 4.78 is 8.85. The summed E-state index contributed by atoms with van der Waals surface area (Å²) in [7, 11) is 1.78. The summed E-state index contributed by atoms with van der Waals surface area (Å²) in [6, 6.07) is 3.48. The van der Waals surface area contributed by atoms with Gasteiger partial charge in [-0.2, -0.15) is 10.2 Å². The van der Waals surface area contributed by atoms with Crippen LogP contribution >= 0.6 is 0 Å². The van der Waals surface area contributed by atoms with Crippen LogP contribution in [0.5, 0.6) is 0 Å². The number of ketones is 1. The standard InChI is InChI=1S/C18H19N5O4/c1-11-18(23(25)26)13(3)22(20-11)10-15-6-5-14(27-15)7-8-17(24)16-9-19-21(4)12(16)2/h5-9H,10H2,1-4H3/b8-7+. The van der Waals surface area contributed by atoms with E-state index in [1.807, 2.05) is 6.92 Å². The molecule has 0 aliphatic heterocycles. The van der Waals surface area contributed by atoms with Crippen LogP contribution in [0.25, 0.3) is 6.08 Å². The number of furan rings is 1. The van der Waals surface area contributed by atoms with Gasteiger partial charge >= 0.3 is 5.69 Å². The van der Waals surface area contributed by atoms with Crippen molar-refractivity contribution in [3.63, 3.8) is 0 Å². The first-order valence-corrected chi connectivity index (χ1v) is 8.26. The minimum atomic E-state index is -0.434. The number of carbonyl (C=O) groups excluding carboxylic acids is 1. The molecule has 0 unspecified atom stereocenters. The Morgan fingerprint density at radius 3 is 2.63 bits per heavy atom. The van der Waals surface area contributed by atoms with E-state index in [1.54, 1.807) is 43.8 Å². The van der Waals surface area contributed by atoms with Crippen molar-refractivity contribution in [3.05, 3.63) is 68.7 Å². The quantitative estimate of drug-likeness (QED) is 0.286. The molecule has 140 valence electrons. The highest BCUT2D eigenvalue weighted by molar-refractivity contribution is 6.07. The predicted molar refractivity (Wildman–Crippen MR) is 97.5 cm³/mol. The number of hydrogen-bond acceptors (Lipinski definition) is 6. The summed E-state index contributed by atoms with van der Waals surface area (Å²) >= 11 is 0. The molecular weight excluding hydrogens is 350 g/mol. The molecule has 0 spiro atoms. The maximum atomic E-state index is 12.2. The zero-order valence-electron chi connectivity index (χ0n) is 15.5. The van der Waals surface area contributed by atoms with Gasteiger partial charge in [0.2, 0.25) is 0 Å². The zero-order valence-corrected chi connectivity index (χ0v) is 15.5. The predicted octanol–water partition coefficient (Wildman–Crippen LogP) is 2.99. The largest absolute Gasteiger partial charge is 0.460 e. The first-order chi connectivity index (χ1) is 12.8. The lowest BCUT2D eigenvalue weighted by atomic mass is 10.1. The van der Waals surface area contributed by atoms with Crippen LogP contribution in [-0.4, -0.2) is 30.3 Å². The first-order valence-electron chi connectivity index (χ1n) is 8.26. The van der Waals surface area contributed by atoms with Gasteiger partial charge in [-0.3, -0.25) is 24.3 Å². The highest BCUT2D eigenvalue weighted by atomic mass is 16.6. The Balaban J connectivity index is 1.74. The Bertz CT molecular complexity index is 1050. The minimum absolute atomic E-state index is 0.0131. The first kappa shape index (κ1) is 18.3. The molecule has 27 heavy (non-hydrogen) atoms. The molecule has 0 saturated heterocycles. The van der Waals surface area contributed by atoms with Gasteiger partial charge in [0.1, 0.15) is 22.9 Å². The van der Waals surface area contributed by atoms with Gasteiger partial charge in [-0.15, -0.1) is 0 Å². The monoisotopic (exact) mass is 369 g/mol. The normalized spacial score (nSPS) is 11.4. The Morgan fingerprint density at radius 2 is 2.04 bits per heavy atom. The molecule has 3 heterocycles. The average molecular weight is 369 g/mol. The molecule has 0 atom stereocenters. The fraction of sp³-hybridized carbons (Fsp3) is 0.278. The van der Waals surface area contributed by atoms with Gasteiger partial charge < -0.3 is 4.42 Å². The van der Waals surface area contributed by atoms with Crippen LogP contribution in [0.1, 0.15) is 39.0 Å². The molecular formula is C18H19N5O4. The molecule has 0 aliphatic carbocycles. The third kappa shape index (κ3) is 3.57. The number of hydrogen-bond donors (Lipinski definition) is 0. The van der Waals surface area contributed by atoms with Crippen molar-refractivity contribution in [2.24, 2.45) is 7.05 Å². The van der Waals surface area contributed by atoms with Crippen molar-refractivity contribution in [1.82, 2.24) is 19.6 Å². The second-order valence-corrected chi connectivity index (χ2v) is 6.20. The van der Waals surface area contributed by atoms with E-state index in [9.17, 15) is 14.9 Å². The maximum absolute atomic E-state index is 12.2. The number of rotatable bonds is 6. The van der Waals surface area contributed by atoms with E-state index in [0.717, 1.165) is 5.69 Å². The lowest BCUT2D eigenvalue weighted by molar-refractivity contribution is -0.386. The molecule has 0 amide bonds. The van der Waals surface area contributed by atoms with Crippen LogP contribution in [0.4, 0.5) is 5.69 Å². The Kier molecular flexibility index (Phi) is 4.76. The summed E-state index contributed by atoms with van der Waals surface area (Å²) in [5, 5.41) is 19.3. The molecule has 0 fully saturated rings. The average Bonchev–Trinajstić information content (AvgIpc) is 3.26. The third-order valence-corrected chi connectivity index (χ3v) is 4.41. The van der Waals surface area contributed by atoms with E-state index in [-0.39, 0.29) is 18.0 Å². The fourth-order valence-corrected chi connectivity index (χ4v) is 2.81. The van der Waals surface area contributed by atoms with Gasteiger partial charge in [-0.05, 0) is 45.1 Å². The van der Waals surface area contributed by atoms with E-state index in [1.165, 1.54) is 17.0 Å². The third-order valence-electron chi connectivity index (χ3n) is 4.41. The molecule has 0 saturated carbocycles. The number of aryl methyl sites for hydroxylation is 2. The summed E-state index contributed by atoms with van der Waals surface area (Å²) in [6.45, 7) is 5.34. The SMILES string of the molecule is Cc1nn(Cc2ccc(/C=C/C(=O)c3cnn(C)c3C)o2)c(C)c1[N+](=O)[O-]. The van der Waals surface area contributed by atoms with Crippen molar-refractivity contribution < 1.29 is 14.1 Å². The Labute approximate surface area is 155 Å². The number of aromatic nitrogens is 4. The van der Waals surface area contributed by atoms with E-state index in [0.29, 0.717) is 28.5 Å². The number of nitro groups is 1. The van der Waals surface area contributed by atoms with E-state index in [2.05, 4.69) is 10.2 Å². The Morgan fingerprint density at radius 1 is 1.30 bits per heavy atom. The van der Waals surface area contributed by atoms with Crippen molar-refractivity contribution in [2.45, 2.75) is 27.3 Å². The van der Waals surface area contributed by atoms with E-state index in [4.69, 9.17) is 4.42 Å². The summed E-state index contributed by atoms with van der Waals surface area (Å²) in [5.74, 6) is 0.934. The summed E-state index contributed by atoms with van der Waals surface area (Å²) in [6.07, 6.45) is 4.55. The van der Waals surface area contributed by atoms with Crippen molar-refractivity contribution in [1.29, 1.82) is 0 Å². The van der Waals surface area contributed by atoms with Gasteiger partial charge in [-0.25, -0.2) is 0 Å². The molecule has 0 bridgehead atoms. The smallest absolute Gasteiger partial charge is 0.312 e. The van der Waals surface area contributed by atoms with Gasteiger partial charge in [-0.1, -0.05) is 0 Å².